The summed E-state index contributed by atoms with van der Waals surface area (Å²) in [4.78, 5) is 10.5. The van der Waals surface area contributed by atoms with Crippen molar-refractivity contribution in [3.63, 3.8) is 0 Å². The van der Waals surface area contributed by atoms with Gasteiger partial charge in [-0.3, -0.25) is 9.89 Å². The molecule has 0 radical (unpaired) electrons. The molecule has 31 heavy (non-hydrogen) atoms. The summed E-state index contributed by atoms with van der Waals surface area (Å²) in [5, 5.41) is 6.39. The number of guanidine groups is 1. The smallest absolute Gasteiger partial charge is 0.401 e. The van der Waals surface area contributed by atoms with Crippen LogP contribution < -0.4 is 10.6 Å². The van der Waals surface area contributed by atoms with E-state index < -0.39 is 12.7 Å². The number of nitrogens with zero attached hydrogens (tertiary/aromatic N) is 3. The third-order valence-corrected chi connectivity index (χ3v) is 4.85. The summed E-state index contributed by atoms with van der Waals surface area (Å²) in [5.74, 6) is 1.19. The van der Waals surface area contributed by atoms with E-state index in [1.165, 1.54) is 10.5 Å². The average Bonchev–Trinajstić information content (AvgIpc) is 3.31. The number of aryl methyl sites for hydroxylation is 1. The first-order valence-electron chi connectivity index (χ1n) is 10.2. The van der Waals surface area contributed by atoms with Gasteiger partial charge in [0.2, 0.25) is 5.89 Å². The summed E-state index contributed by atoms with van der Waals surface area (Å²) in [6.07, 6.45) is -1.26. The Balaban J connectivity index is 0.00000341. The van der Waals surface area contributed by atoms with E-state index in [1.54, 1.807) is 6.26 Å². The summed E-state index contributed by atoms with van der Waals surface area (Å²) in [6.45, 7) is 5.06. The van der Waals surface area contributed by atoms with Crippen molar-refractivity contribution in [1.29, 1.82) is 0 Å². The van der Waals surface area contributed by atoms with Gasteiger partial charge in [0, 0.05) is 44.2 Å². The van der Waals surface area contributed by atoms with E-state index in [-0.39, 0.29) is 30.0 Å². The zero-order chi connectivity index (χ0) is 21.6. The zero-order valence-corrected chi connectivity index (χ0v) is 20.0. The first-order chi connectivity index (χ1) is 14.3. The Kier molecular flexibility index (Phi) is 9.60. The van der Waals surface area contributed by atoms with Crippen LogP contribution in [0.25, 0.3) is 11.5 Å². The quantitative estimate of drug-likeness (QED) is 0.310. The fourth-order valence-electron chi connectivity index (χ4n) is 3.39. The first-order valence-corrected chi connectivity index (χ1v) is 10.2. The van der Waals surface area contributed by atoms with Crippen LogP contribution in [-0.4, -0.2) is 60.8 Å². The number of aromatic nitrogens is 1. The maximum absolute atomic E-state index is 12.6. The molecule has 10 heteroatoms. The Morgan fingerprint density at radius 3 is 2.71 bits per heavy atom. The van der Waals surface area contributed by atoms with Crippen LogP contribution in [0.4, 0.5) is 13.2 Å². The van der Waals surface area contributed by atoms with Crippen LogP contribution in [-0.2, 0) is 6.42 Å². The molecule has 0 amide bonds. The standard InChI is InChI=1S/C21H28F3N5O.HI/c1-3-25-20(28-17-9-11-29(12-17)14-21(22,23)24)26-10-8-18-13-30-19(27-18)16-6-4-15(2)5-7-16;/h4-7,13,17H,3,8-12,14H2,1-2H3,(H2,25,26,28);1H. The van der Waals surface area contributed by atoms with Gasteiger partial charge in [-0.15, -0.1) is 24.0 Å². The fraction of sp³-hybridized carbons (Fsp3) is 0.524. The molecule has 1 aliphatic rings. The van der Waals surface area contributed by atoms with Crippen molar-refractivity contribution >= 4 is 29.9 Å². The van der Waals surface area contributed by atoms with Gasteiger partial charge in [0.25, 0.3) is 0 Å². The second-order valence-corrected chi connectivity index (χ2v) is 7.50. The largest absolute Gasteiger partial charge is 0.444 e. The van der Waals surface area contributed by atoms with Crippen LogP contribution in [0.5, 0.6) is 0 Å². The predicted molar refractivity (Wildman–Crippen MR) is 126 cm³/mol. The Morgan fingerprint density at radius 1 is 1.29 bits per heavy atom. The average molecular weight is 551 g/mol. The highest BCUT2D eigenvalue weighted by molar-refractivity contribution is 14.0. The number of nitrogens with one attached hydrogen (secondary N) is 2. The highest BCUT2D eigenvalue weighted by atomic mass is 127. The maximum atomic E-state index is 12.6. The number of halogens is 4. The number of aliphatic imine (C=N–C) groups is 1. The van der Waals surface area contributed by atoms with Gasteiger partial charge < -0.3 is 15.1 Å². The van der Waals surface area contributed by atoms with Gasteiger partial charge in [0.15, 0.2) is 5.96 Å². The molecule has 0 spiro atoms. The van der Waals surface area contributed by atoms with Crippen LogP contribution in [0.3, 0.4) is 0 Å². The molecule has 0 saturated carbocycles. The summed E-state index contributed by atoms with van der Waals surface area (Å²) < 4.78 is 43.3. The molecule has 2 aromatic rings. The van der Waals surface area contributed by atoms with Crippen molar-refractivity contribution in [3.8, 4) is 11.5 Å². The van der Waals surface area contributed by atoms with E-state index in [0.717, 1.165) is 11.3 Å². The molecule has 1 fully saturated rings. The molecule has 0 aliphatic carbocycles. The summed E-state index contributed by atoms with van der Waals surface area (Å²) in [6, 6.07) is 7.92. The van der Waals surface area contributed by atoms with Crippen molar-refractivity contribution in [2.75, 3.05) is 32.7 Å². The Morgan fingerprint density at radius 2 is 2.03 bits per heavy atom. The van der Waals surface area contributed by atoms with Crippen molar-refractivity contribution in [2.45, 2.75) is 38.9 Å². The number of benzene rings is 1. The zero-order valence-electron chi connectivity index (χ0n) is 17.7. The molecule has 1 unspecified atom stereocenters. The van der Waals surface area contributed by atoms with Gasteiger partial charge in [-0.2, -0.15) is 13.2 Å². The molecule has 1 saturated heterocycles. The van der Waals surface area contributed by atoms with Crippen LogP contribution in [0.1, 0.15) is 24.6 Å². The second kappa shape index (κ2) is 11.7. The molecule has 3 rings (SSSR count). The lowest BCUT2D eigenvalue weighted by atomic mass is 10.1. The van der Waals surface area contributed by atoms with Crippen molar-refractivity contribution in [3.05, 3.63) is 41.8 Å². The van der Waals surface area contributed by atoms with Gasteiger partial charge in [-0.05, 0) is 32.4 Å². The number of alkyl halides is 3. The molecule has 2 heterocycles. The third kappa shape index (κ3) is 8.32. The summed E-state index contributed by atoms with van der Waals surface area (Å²) in [5.41, 5.74) is 2.91. The molecular formula is C21H29F3IN5O. The molecule has 1 aliphatic heterocycles. The number of hydrogen-bond acceptors (Lipinski definition) is 4. The molecule has 1 atom stereocenters. The normalized spacial score (nSPS) is 17.5. The van der Waals surface area contributed by atoms with Gasteiger partial charge >= 0.3 is 6.18 Å². The molecule has 1 aromatic heterocycles. The fourth-order valence-corrected chi connectivity index (χ4v) is 3.39. The Labute approximate surface area is 197 Å². The molecule has 172 valence electrons. The number of hydrogen-bond donors (Lipinski definition) is 2. The highest BCUT2D eigenvalue weighted by Crippen LogP contribution is 2.20. The first kappa shape index (κ1) is 25.4. The van der Waals surface area contributed by atoms with Crippen LogP contribution in [0, 0.1) is 6.92 Å². The second-order valence-electron chi connectivity index (χ2n) is 7.50. The maximum Gasteiger partial charge on any atom is 0.401 e. The van der Waals surface area contributed by atoms with E-state index in [4.69, 9.17) is 4.42 Å². The molecule has 6 nitrogen and oxygen atoms in total. The lowest BCUT2D eigenvalue weighted by Crippen LogP contribution is -2.45. The van der Waals surface area contributed by atoms with Gasteiger partial charge in [0.05, 0.1) is 12.2 Å². The lowest BCUT2D eigenvalue weighted by Gasteiger charge is -2.19. The minimum absolute atomic E-state index is 0. The third-order valence-electron chi connectivity index (χ3n) is 4.85. The molecule has 1 aromatic carbocycles. The minimum atomic E-state index is -4.16. The van der Waals surface area contributed by atoms with Crippen molar-refractivity contribution < 1.29 is 17.6 Å². The van der Waals surface area contributed by atoms with E-state index in [9.17, 15) is 13.2 Å². The van der Waals surface area contributed by atoms with Gasteiger partial charge in [0.1, 0.15) is 6.26 Å². The van der Waals surface area contributed by atoms with Crippen LogP contribution >= 0.6 is 24.0 Å². The summed E-state index contributed by atoms with van der Waals surface area (Å²) >= 11 is 0. The Bertz CT molecular complexity index is 838. The van der Waals surface area contributed by atoms with Crippen molar-refractivity contribution in [2.24, 2.45) is 4.99 Å². The monoisotopic (exact) mass is 551 g/mol. The lowest BCUT2D eigenvalue weighted by molar-refractivity contribution is -0.143. The Hall–Kier alpha value is -1.82. The van der Waals surface area contributed by atoms with Gasteiger partial charge in [-0.1, -0.05) is 17.7 Å². The van der Waals surface area contributed by atoms with E-state index in [2.05, 4.69) is 20.6 Å². The van der Waals surface area contributed by atoms with Crippen LogP contribution in [0.15, 0.2) is 39.9 Å². The number of likely N-dealkylation sites (tertiary alicyclic amines) is 1. The van der Waals surface area contributed by atoms with Crippen molar-refractivity contribution in [1.82, 2.24) is 20.5 Å². The van der Waals surface area contributed by atoms with Crippen LogP contribution in [0.2, 0.25) is 0 Å². The minimum Gasteiger partial charge on any atom is -0.444 e. The number of oxazole rings is 1. The predicted octanol–water partition coefficient (Wildman–Crippen LogP) is 4.00. The van der Waals surface area contributed by atoms with E-state index in [0.29, 0.717) is 50.9 Å². The van der Waals surface area contributed by atoms with E-state index in [1.807, 2.05) is 38.1 Å². The van der Waals surface area contributed by atoms with Gasteiger partial charge in [-0.25, -0.2) is 4.98 Å². The summed E-state index contributed by atoms with van der Waals surface area (Å²) in [7, 11) is 0. The molecular weight excluding hydrogens is 522 g/mol. The molecule has 0 bridgehead atoms. The SMILES string of the molecule is CCNC(=NCCc1coc(-c2ccc(C)cc2)n1)NC1CCN(CC(F)(F)F)C1.I. The number of rotatable bonds is 7. The molecule has 2 N–H and O–H groups in total. The topological polar surface area (TPSA) is 65.7 Å². The van der Waals surface area contributed by atoms with E-state index >= 15 is 0 Å². The highest BCUT2D eigenvalue weighted by Gasteiger charge is 2.34.